The molecule has 0 aliphatic rings. The van der Waals surface area contributed by atoms with Crippen LogP contribution in [0.15, 0.2) is 42.7 Å². The van der Waals surface area contributed by atoms with Gasteiger partial charge in [0, 0.05) is 18.0 Å². The van der Waals surface area contributed by atoms with Gasteiger partial charge in [0.15, 0.2) is 4.08 Å². The summed E-state index contributed by atoms with van der Waals surface area (Å²) in [6, 6.07) is 8.75. The predicted molar refractivity (Wildman–Crippen MR) is 70.8 cm³/mol. The van der Waals surface area contributed by atoms with Crippen molar-refractivity contribution < 1.29 is 9.90 Å². The number of aliphatic carboxylic acids is 1. The van der Waals surface area contributed by atoms with Crippen molar-refractivity contribution in [1.82, 2.24) is 9.78 Å². The van der Waals surface area contributed by atoms with E-state index in [1.165, 1.54) is 0 Å². The lowest BCUT2D eigenvalue weighted by Crippen LogP contribution is -2.25. The number of hydrogen-bond donors (Lipinski definition) is 3. The summed E-state index contributed by atoms with van der Waals surface area (Å²) in [7, 11) is 0. The number of aromatic nitrogens is 2. The second kappa shape index (κ2) is 4.46. The summed E-state index contributed by atoms with van der Waals surface area (Å²) in [6.45, 7) is 0. The van der Waals surface area contributed by atoms with Crippen molar-refractivity contribution in [2.45, 2.75) is 4.08 Å². The third kappa shape index (κ3) is 2.18. The van der Waals surface area contributed by atoms with Gasteiger partial charge in [0.25, 0.3) is 0 Å². The molecule has 2 rings (SSSR count). The summed E-state index contributed by atoms with van der Waals surface area (Å²) in [5, 5.41) is 13.2. The third-order valence-electron chi connectivity index (χ3n) is 2.33. The topological polar surface area (TPSA) is 55.1 Å². The highest BCUT2D eigenvalue weighted by molar-refractivity contribution is 8.01. The zero-order chi connectivity index (χ0) is 12.5. The molecule has 0 saturated carbocycles. The smallest absolute Gasteiger partial charge is 0.334 e. The van der Waals surface area contributed by atoms with Crippen LogP contribution < -0.4 is 0 Å². The Morgan fingerprint density at radius 2 is 2.00 bits per heavy atom. The standard InChI is InChI=1S/C11H10N2O2S2/c14-10(15)11(16,17)8-4-1-2-5-9(8)13-7-3-6-12-13/h1-7,16-17H,(H,14,15). The Labute approximate surface area is 109 Å². The zero-order valence-corrected chi connectivity index (χ0v) is 10.5. The Kier molecular flexibility index (Phi) is 3.17. The maximum absolute atomic E-state index is 11.2. The summed E-state index contributed by atoms with van der Waals surface area (Å²) in [5.41, 5.74) is 1.12. The Hall–Kier alpha value is -1.40. The van der Waals surface area contributed by atoms with Crippen LogP contribution >= 0.6 is 25.3 Å². The highest BCUT2D eigenvalue weighted by Gasteiger charge is 2.34. The van der Waals surface area contributed by atoms with Crippen LogP contribution in [0.5, 0.6) is 0 Å². The lowest BCUT2D eigenvalue weighted by Gasteiger charge is -2.20. The molecule has 0 radical (unpaired) electrons. The molecule has 17 heavy (non-hydrogen) atoms. The molecule has 0 fully saturated rings. The van der Waals surface area contributed by atoms with Crippen molar-refractivity contribution in [3.63, 3.8) is 0 Å². The summed E-state index contributed by atoms with van der Waals surface area (Å²) in [6.07, 6.45) is 3.36. The number of benzene rings is 1. The van der Waals surface area contributed by atoms with Gasteiger partial charge in [0.1, 0.15) is 0 Å². The number of nitrogens with zero attached hydrogens (tertiary/aromatic N) is 2. The fraction of sp³-hybridized carbons (Fsp3) is 0.0909. The van der Waals surface area contributed by atoms with Gasteiger partial charge in [0.05, 0.1) is 5.69 Å². The number of carbonyl (C=O) groups is 1. The quantitative estimate of drug-likeness (QED) is 0.588. The molecule has 1 N–H and O–H groups in total. The maximum atomic E-state index is 11.2. The molecule has 1 aromatic carbocycles. The van der Waals surface area contributed by atoms with Gasteiger partial charge in [-0.2, -0.15) is 5.10 Å². The van der Waals surface area contributed by atoms with Crippen molar-refractivity contribution in [1.29, 1.82) is 0 Å². The first-order valence-electron chi connectivity index (χ1n) is 4.81. The molecule has 1 heterocycles. The van der Waals surface area contributed by atoms with E-state index in [1.54, 1.807) is 47.4 Å². The molecule has 2 aromatic rings. The molecule has 0 bridgehead atoms. The highest BCUT2D eigenvalue weighted by atomic mass is 32.2. The summed E-state index contributed by atoms with van der Waals surface area (Å²) in [5.74, 6) is -1.12. The van der Waals surface area contributed by atoms with Crippen LogP contribution in [0.2, 0.25) is 0 Å². The lowest BCUT2D eigenvalue weighted by atomic mass is 10.1. The zero-order valence-electron chi connectivity index (χ0n) is 8.69. The van der Waals surface area contributed by atoms with E-state index in [4.69, 9.17) is 5.11 Å². The lowest BCUT2D eigenvalue weighted by molar-refractivity contribution is -0.137. The number of thiol groups is 2. The molecule has 0 spiro atoms. The van der Waals surface area contributed by atoms with Gasteiger partial charge < -0.3 is 5.11 Å². The Morgan fingerprint density at radius 3 is 2.59 bits per heavy atom. The van der Waals surface area contributed by atoms with E-state index in [9.17, 15) is 4.79 Å². The highest BCUT2D eigenvalue weighted by Crippen LogP contribution is 2.36. The van der Waals surface area contributed by atoms with E-state index in [0.29, 0.717) is 11.3 Å². The van der Waals surface area contributed by atoms with Crippen LogP contribution in [-0.2, 0) is 8.87 Å². The van der Waals surface area contributed by atoms with Crippen LogP contribution in [0.4, 0.5) is 0 Å². The van der Waals surface area contributed by atoms with Crippen molar-refractivity contribution in [2.24, 2.45) is 0 Å². The van der Waals surface area contributed by atoms with E-state index < -0.39 is 10.0 Å². The number of para-hydroxylation sites is 1. The SMILES string of the molecule is O=C(O)C(S)(S)c1ccccc1-n1cccn1. The average Bonchev–Trinajstić information content (AvgIpc) is 2.82. The van der Waals surface area contributed by atoms with Gasteiger partial charge in [-0.3, -0.25) is 0 Å². The summed E-state index contributed by atoms with van der Waals surface area (Å²) < 4.78 is 0.0298. The minimum Gasteiger partial charge on any atom is -0.479 e. The normalized spacial score (nSPS) is 11.4. The fourth-order valence-electron chi connectivity index (χ4n) is 1.49. The van der Waals surface area contributed by atoms with Gasteiger partial charge >= 0.3 is 5.97 Å². The maximum Gasteiger partial charge on any atom is 0.334 e. The molecule has 1 aromatic heterocycles. The molecule has 4 nitrogen and oxygen atoms in total. The summed E-state index contributed by atoms with van der Waals surface area (Å²) in [4.78, 5) is 11.2. The van der Waals surface area contributed by atoms with Crippen molar-refractivity contribution in [3.05, 3.63) is 48.3 Å². The molecule has 0 atom stereocenters. The average molecular weight is 266 g/mol. The molecule has 0 unspecified atom stereocenters. The molecule has 0 saturated heterocycles. The Bertz CT molecular complexity index is 538. The van der Waals surface area contributed by atoms with Crippen molar-refractivity contribution in [2.75, 3.05) is 0 Å². The van der Waals surface area contributed by atoms with Crippen molar-refractivity contribution >= 4 is 31.2 Å². The number of carboxylic acids is 1. The first kappa shape index (κ1) is 12.1. The fourth-order valence-corrected chi connectivity index (χ4v) is 1.87. The van der Waals surface area contributed by atoms with Crippen LogP contribution in [0.3, 0.4) is 0 Å². The number of carboxylic acid groups (broad SMARTS) is 1. The van der Waals surface area contributed by atoms with E-state index in [0.717, 1.165) is 0 Å². The monoisotopic (exact) mass is 266 g/mol. The van der Waals surface area contributed by atoms with Gasteiger partial charge in [0.2, 0.25) is 0 Å². The van der Waals surface area contributed by atoms with Crippen molar-refractivity contribution in [3.8, 4) is 5.69 Å². The van der Waals surface area contributed by atoms with E-state index in [1.807, 2.05) is 0 Å². The van der Waals surface area contributed by atoms with Crippen LogP contribution in [0, 0.1) is 0 Å². The van der Waals surface area contributed by atoms with E-state index in [2.05, 4.69) is 30.4 Å². The molecule has 88 valence electrons. The second-order valence-corrected chi connectivity index (χ2v) is 5.14. The Morgan fingerprint density at radius 1 is 1.29 bits per heavy atom. The van der Waals surface area contributed by atoms with E-state index in [-0.39, 0.29) is 0 Å². The van der Waals surface area contributed by atoms with Gasteiger partial charge in [-0.15, -0.1) is 25.3 Å². The van der Waals surface area contributed by atoms with E-state index >= 15 is 0 Å². The molecule has 6 heteroatoms. The van der Waals surface area contributed by atoms with Crippen LogP contribution in [0.1, 0.15) is 5.56 Å². The first-order chi connectivity index (χ1) is 8.03. The largest absolute Gasteiger partial charge is 0.479 e. The molecule has 0 aliphatic heterocycles. The minimum absolute atomic E-state index is 0.475. The van der Waals surface area contributed by atoms with Gasteiger partial charge in [-0.05, 0) is 12.1 Å². The van der Waals surface area contributed by atoms with Gasteiger partial charge in [-0.1, -0.05) is 18.2 Å². The number of rotatable bonds is 3. The first-order valence-corrected chi connectivity index (χ1v) is 5.70. The minimum atomic E-state index is -1.55. The summed E-state index contributed by atoms with van der Waals surface area (Å²) >= 11 is 8.19. The second-order valence-electron chi connectivity index (χ2n) is 3.45. The van der Waals surface area contributed by atoms with Crippen LogP contribution in [-0.4, -0.2) is 20.9 Å². The molecule has 0 amide bonds. The predicted octanol–water partition coefficient (Wildman–Crippen LogP) is 1.97. The molecule has 0 aliphatic carbocycles. The number of hydrogen-bond acceptors (Lipinski definition) is 4. The van der Waals surface area contributed by atoms with Gasteiger partial charge in [-0.25, -0.2) is 9.48 Å². The molecular formula is C11H10N2O2S2. The van der Waals surface area contributed by atoms with Crippen LogP contribution in [0.25, 0.3) is 5.69 Å². The molecular weight excluding hydrogens is 256 g/mol. The Balaban J connectivity index is 2.60. The third-order valence-corrected chi connectivity index (χ3v) is 3.19.